The van der Waals surface area contributed by atoms with Gasteiger partial charge in [0.25, 0.3) is 0 Å². The van der Waals surface area contributed by atoms with Gasteiger partial charge in [-0.05, 0) is 93.3 Å². The molecule has 2 aromatic carbocycles. The van der Waals surface area contributed by atoms with E-state index in [1.54, 1.807) is 24.3 Å². The third kappa shape index (κ3) is 9.49. The molecule has 0 spiro atoms. The van der Waals surface area contributed by atoms with Crippen molar-refractivity contribution >= 4 is 5.71 Å². The predicted octanol–water partition coefficient (Wildman–Crippen LogP) is 7.20. The number of methoxy groups -OCH3 is 1. The van der Waals surface area contributed by atoms with Crippen molar-refractivity contribution in [3.8, 4) is 17.2 Å². The summed E-state index contributed by atoms with van der Waals surface area (Å²) in [6, 6.07) is 10.0. The van der Waals surface area contributed by atoms with E-state index in [2.05, 4.69) is 19.9 Å². The van der Waals surface area contributed by atoms with E-state index < -0.39 is 11.7 Å². The van der Waals surface area contributed by atoms with Crippen molar-refractivity contribution in [2.45, 2.75) is 84.3 Å². The zero-order valence-electron chi connectivity index (χ0n) is 24.6. The number of nitrogens with one attached hydrogen (secondary N) is 1. The first-order chi connectivity index (χ1) is 19.2. The zero-order valence-corrected chi connectivity index (χ0v) is 24.6. The average molecular weight is 556 g/mol. The van der Waals surface area contributed by atoms with Crippen LogP contribution < -0.4 is 14.2 Å². The molecule has 0 bridgehead atoms. The molecule has 0 fully saturated rings. The molecule has 220 valence electrons. The zero-order chi connectivity index (χ0) is 29.5. The molecule has 3 N–H and O–H groups in total. The molecule has 1 unspecified atom stereocenters. The van der Waals surface area contributed by atoms with E-state index in [0.717, 1.165) is 55.2 Å². The largest absolute Gasteiger partial charge is 0.493 e. The highest BCUT2D eigenvalue weighted by Gasteiger charge is 2.33. The molecule has 0 aliphatic heterocycles. The number of rotatable bonds is 18. The fraction of sp³-hybridized carbons (Fsp3) is 0.485. The molecule has 0 saturated carbocycles. The molecule has 0 saturated heterocycles. The summed E-state index contributed by atoms with van der Waals surface area (Å²) >= 11 is 0. The van der Waals surface area contributed by atoms with Gasteiger partial charge in [0.2, 0.25) is 0 Å². The summed E-state index contributed by atoms with van der Waals surface area (Å²) in [5, 5.41) is 27.2. The van der Waals surface area contributed by atoms with E-state index in [9.17, 15) is 9.50 Å². The molecule has 7 heteroatoms. The Bertz CT molecular complexity index is 1150. The summed E-state index contributed by atoms with van der Waals surface area (Å²) in [5.41, 5.74) is 2.73. The van der Waals surface area contributed by atoms with Crippen LogP contribution in [0.2, 0.25) is 0 Å². The maximum absolute atomic E-state index is 14.2. The second-order valence-corrected chi connectivity index (χ2v) is 10.0. The van der Waals surface area contributed by atoms with Crippen molar-refractivity contribution in [2.24, 2.45) is 0 Å². The second kappa shape index (κ2) is 16.8. The molecule has 0 heterocycles. The van der Waals surface area contributed by atoms with Crippen LogP contribution in [0.5, 0.6) is 17.2 Å². The second-order valence-electron chi connectivity index (χ2n) is 10.0. The third-order valence-corrected chi connectivity index (χ3v) is 7.04. The minimum atomic E-state index is -0.975. The Morgan fingerprint density at radius 2 is 1.85 bits per heavy atom. The highest BCUT2D eigenvalue weighted by Crippen LogP contribution is 2.37. The quantitative estimate of drug-likeness (QED) is 0.103. The molecule has 0 aromatic heterocycles. The topological polar surface area (TPSA) is 92.0 Å². The van der Waals surface area contributed by atoms with Crippen LogP contribution in [0.4, 0.5) is 4.39 Å². The molecule has 6 nitrogen and oxygen atoms in total. The molecular formula is C33H46FNO5. The Hall–Kier alpha value is -3.16. The Balaban J connectivity index is 2.17. The van der Waals surface area contributed by atoms with Crippen LogP contribution in [0.1, 0.15) is 77.3 Å². The lowest BCUT2D eigenvalue weighted by atomic mass is 9.83. The average Bonchev–Trinajstić information content (AvgIpc) is 2.96. The Kier molecular flexibility index (Phi) is 13.9. The van der Waals surface area contributed by atoms with Gasteiger partial charge in [0.1, 0.15) is 29.9 Å². The summed E-state index contributed by atoms with van der Waals surface area (Å²) in [6.45, 7) is 7.80. The lowest BCUT2D eigenvalue weighted by Crippen LogP contribution is -2.38. The maximum Gasteiger partial charge on any atom is 0.161 e. The molecule has 2 atom stereocenters. The van der Waals surface area contributed by atoms with Gasteiger partial charge in [-0.1, -0.05) is 44.6 Å². The standard InChI is InChI=1S/C33H46FNO5/c1-6-9-12-24(4)33(18-7-2,40-31-21-27(34)16-14-25(31)8-3)19-11-10-13-29(35)26-15-17-30(32(20-26)38-5)39-23-28(37)22-36/h6,9,12,14-17,20-21,28,35-37H,7-8,10-11,13,18-19,22-23H2,1-5H3/b9-6-,24-12+,35-29?/t28-,33?/m0/s1. The third-order valence-electron chi connectivity index (χ3n) is 7.04. The summed E-state index contributed by atoms with van der Waals surface area (Å²) < 4.78 is 31.9. The Morgan fingerprint density at radius 3 is 2.50 bits per heavy atom. The number of allylic oxidation sites excluding steroid dienone is 3. The smallest absolute Gasteiger partial charge is 0.161 e. The minimum Gasteiger partial charge on any atom is -0.493 e. The fourth-order valence-electron chi connectivity index (χ4n) is 4.69. The number of aliphatic hydroxyl groups excluding tert-OH is 2. The van der Waals surface area contributed by atoms with Gasteiger partial charge in [-0.3, -0.25) is 0 Å². The van der Waals surface area contributed by atoms with Crippen LogP contribution in [-0.4, -0.2) is 48.0 Å². The van der Waals surface area contributed by atoms with E-state index in [-0.39, 0.29) is 19.0 Å². The highest BCUT2D eigenvalue weighted by atomic mass is 19.1. The first-order valence-corrected chi connectivity index (χ1v) is 14.2. The normalized spacial score (nSPS) is 14.2. The molecule has 40 heavy (non-hydrogen) atoms. The lowest BCUT2D eigenvalue weighted by molar-refractivity contribution is 0.0527. The minimum absolute atomic E-state index is 0.0531. The summed E-state index contributed by atoms with van der Waals surface area (Å²) in [4.78, 5) is 0. The maximum atomic E-state index is 14.2. The summed E-state index contributed by atoms with van der Waals surface area (Å²) in [7, 11) is 1.53. The molecule has 0 aliphatic carbocycles. The summed E-state index contributed by atoms with van der Waals surface area (Å²) in [5.74, 6) is 1.20. The van der Waals surface area contributed by atoms with Gasteiger partial charge in [0.15, 0.2) is 11.5 Å². The monoisotopic (exact) mass is 555 g/mol. The number of aliphatic hydroxyl groups is 2. The van der Waals surface area contributed by atoms with Crippen LogP contribution in [0, 0.1) is 11.2 Å². The van der Waals surface area contributed by atoms with Gasteiger partial charge in [-0.15, -0.1) is 0 Å². The number of ether oxygens (including phenoxy) is 3. The number of unbranched alkanes of at least 4 members (excludes halogenated alkanes) is 1. The van der Waals surface area contributed by atoms with Crippen LogP contribution >= 0.6 is 0 Å². The van der Waals surface area contributed by atoms with Crippen molar-refractivity contribution in [2.75, 3.05) is 20.3 Å². The molecule has 0 radical (unpaired) electrons. The number of benzene rings is 2. The van der Waals surface area contributed by atoms with Crippen molar-refractivity contribution in [1.82, 2.24) is 0 Å². The highest BCUT2D eigenvalue weighted by molar-refractivity contribution is 5.98. The van der Waals surface area contributed by atoms with Crippen molar-refractivity contribution in [3.63, 3.8) is 0 Å². The van der Waals surface area contributed by atoms with Crippen LogP contribution in [0.3, 0.4) is 0 Å². The molecule has 2 rings (SSSR count). The van der Waals surface area contributed by atoms with Crippen molar-refractivity contribution in [3.05, 3.63) is 77.1 Å². The fourth-order valence-corrected chi connectivity index (χ4v) is 4.69. The predicted molar refractivity (Wildman–Crippen MR) is 159 cm³/mol. The van der Waals surface area contributed by atoms with E-state index in [4.69, 9.17) is 24.7 Å². The number of halogens is 1. The molecule has 0 amide bonds. The van der Waals surface area contributed by atoms with Crippen LogP contribution in [0.15, 0.2) is 60.2 Å². The van der Waals surface area contributed by atoms with Gasteiger partial charge in [-0.2, -0.15) is 0 Å². The van der Waals surface area contributed by atoms with Gasteiger partial charge < -0.3 is 29.8 Å². The first-order valence-electron chi connectivity index (χ1n) is 14.2. The Morgan fingerprint density at radius 1 is 1.07 bits per heavy atom. The van der Waals surface area contributed by atoms with Crippen molar-refractivity contribution in [1.29, 1.82) is 5.41 Å². The SMILES string of the molecule is C/C=C\C=C(/C)C(CCC)(CCCCC(=N)c1ccc(OC[C@@H](O)CO)c(OC)c1)Oc1cc(F)ccc1CC. The van der Waals surface area contributed by atoms with E-state index in [1.807, 2.05) is 26.0 Å². The number of hydrogen-bond acceptors (Lipinski definition) is 6. The molecule has 0 aliphatic rings. The van der Waals surface area contributed by atoms with Crippen LogP contribution in [-0.2, 0) is 6.42 Å². The van der Waals surface area contributed by atoms with E-state index >= 15 is 0 Å². The van der Waals surface area contributed by atoms with E-state index in [0.29, 0.717) is 29.4 Å². The van der Waals surface area contributed by atoms with E-state index in [1.165, 1.54) is 19.2 Å². The molecule has 2 aromatic rings. The van der Waals surface area contributed by atoms with Gasteiger partial charge in [0, 0.05) is 11.8 Å². The van der Waals surface area contributed by atoms with Crippen molar-refractivity contribution < 1.29 is 28.8 Å². The number of hydrogen-bond donors (Lipinski definition) is 3. The summed E-state index contributed by atoms with van der Waals surface area (Å²) in [6.07, 6.45) is 10.5. The van der Waals surface area contributed by atoms with Gasteiger partial charge in [0.05, 0.1) is 13.7 Å². The Labute approximate surface area is 239 Å². The first kappa shape index (κ1) is 33.0. The number of aryl methyl sites for hydroxylation is 1. The van der Waals surface area contributed by atoms with Crippen LogP contribution in [0.25, 0.3) is 0 Å². The lowest BCUT2D eigenvalue weighted by Gasteiger charge is -2.36. The van der Waals surface area contributed by atoms with Gasteiger partial charge in [-0.25, -0.2) is 4.39 Å². The van der Waals surface area contributed by atoms with Gasteiger partial charge >= 0.3 is 0 Å². The molecular weight excluding hydrogens is 509 g/mol.